The lowest BCUT2D eigenvalue weighted by Gasteiger charge is -2.16. The van der Waals surface area contributed by atoms with Crippen LogP contribution in [0.25, 0.3) is 0 Å². The van der Waals surface area contributed by atoms with Gasteiger partial charge in [0.15, 0.2) is 11.5 Å². The Morgan fingerprint density at radius 2 is 1.92 bits per heavy atom. The predicted molar refractivity (Wildman–Crippen MR) is 110 cm³/mol. The van der Waals surface area contributed by atoms with Gasteiger partial charge in [0.1, 0.15) is 0 Å². The first kappa shape index (κ1) is 20.3. The van der Waals surface area contributed by atoms with Crippen molar-refractivity contribution in [2.45, 2.75) is 40.5 Å². The summed E-state index contributed by atoms with van der Waals surface area (Å²) in [6, 6.07) is 9.54. The van der Waals surface area contributed by atoms with Crippen molar-refractivity contribution in [3.8, 4) is 11.5 Å². The number of aryl methyl sites for hydroxylation is 2. The number of para-hydroxylation sites is 1. The second kappa shape index (κ2) is 9.62. The number of carbonyl (C=O) groups excluding carboxylic acids is 1. The van der Waals surface area contributed by atoms with E-state index in [-0.39, 0.29) is 5.91 Å². The first-order valence-corrected chi connectivity index (χ1v) is 9.80. The van der Waals surface area contributed by atoms with E-state index in [1.165, 1.54) is 0 Å². The monoisotopic (exact) mass is 419 g/mol. The van der Waals surface area contributed by atoms with E-state index >= 15 is 0 Å². The van der Waals surface area contributed by atoms with Crippen molar-refractivity contribution in [2.24, 2.45) is 0 Å². The number of amides is 1. The number of hydrogen-bond donors (Lipinski definition) is 1. The average Bonchev–Trinajstić information content (AvgIpc) is 2.62. The summed E-state index contributed by atoms with van der Waals surface area (Å²) >= 11 is 3.51. The SMILES string of the molecule is CCCOc1c(Br)cc(C(=O)Nc2c(C)cccc2CC)cc1OCC. The summed E-state index contributed by atoms with van der Waals surface area (Å²) in [6.45, 7) is 9.12. The largest absolute Gasteiger partial charge is 0.490 e. The summed E-state index contributed by atoms with van der Waals surface area (Å²) in [5.41, 5.74) is 3.56. The summed E-state index contributed by atoms with van der Waals surface area (Å²) in [6.07, 6.45) is 1.75. The highest BCUT2D eigenvalue weighted by Crippen LogP contribution is 2.37. The Morgan fingerprint density at radius 3 is 2.58 bits per heavy atom. The minimum Gasteiger partial charge on any atom is -0.490 e. The zero-order valence-corrected chi connectivity index (χ0v) is 17.4. The van der Waals surface area contributed by atoms with Gasteiger partial charge in [0, 0.05) is 11.3 Å². The van der Waals surface area contributed by atoms with Gasteiger partial charge in [-0.05, 0) is 65.9 Å². The van der Waals surface area contributed by atoms with Gasteiger partial charge in [0.05, 0.1) is 17.7 Å². The highest BCUT2D eigenvalue weighted by Gasteiger charge is 2.17. The average molecular weight is 420 g/mol. The van der Waals surface area contributed by atoms with Crippen LogP contribution < -0.4 is 14.8 Å². The molecule has 5 heteroatoms. The molecule has 0 aliphatic rings. The van der Waals surface area contributed by atoms with E-state index in [0.717, 1.165) is 29.7 Å². The van der Waals surface area contributed by atoms with Crippen molar-refractivity contribution in [1.29, 1.82) is 0 Å². The predicted octanol–water partition coefficient (Wildman–Crippen LogP) is 5.76. The van der Waals surface area contributed by atoms with Crippen molar-refractivity contribution in [3.63, 3.8) is 0 Å². The number of ether oxygens (including phenoxy) is 2. The number of benzene rings is 2. The Bertz CT molecular complexity index is 774. The molecule has 0 saturated heterocycles. The van der Waals surface area contributed by atoms with Gasteiger partial charge in [-0.25, -0.2) is 0 Å². The third kappa shape index (κ3) is 4.79. The van der Waals surface area contributed by atoms with Crippen molar-refractivity contribution in [1.82, 2.24) is 0 Å². The molecule has 26 heavy (non-hydrogen) atoms. The van der Waals surface area contributed by atoms with Gasteiger partial charge in [-0.3, -0.25) is 4.79 Å². The van der Waals surface area contributed by atoms with Crippen molar-refractivity contribution in [3.05, 3.63) is 51.5 Å². The Hall–Kier alpha value is -2.01. The molecule has 0 atom stereocenters. The second-order valence-corrected chi connectivity index (χ2v) is 6.84. The highest BCUT2D eigenvalue weighted by molar-refractivity contribution is 9.10. The molecule has 140 valence electrons. The molecule has 0 bridgehead atoms. The fourth-order valence-corrected chi connectivity index (χ4v) is 3.25. The zero-order valence-electron chi connectivity index (χ0n) is 15.8. The molecule has 0 radical (unpaired) electrons. The third-order valence-corrected chi connectivity index (χ3v) is 4.59. The van der Waals surface area contributed by atoms with Crippen molar-refractivity contribution < 1.29 is 14.3 Å². The second-order valence-electron chi connectivity index (χ2n) is 5.98. The fraction of sp³-hybridized carbons (Fsp3) is 0.381. The number of halogens is 1. The number of rotatable bonds is 8. The maximum atomic E-state index is 12.8. The minimum absolute atomic E-state index is 0.169. The molecule has 1 amide bonds. The van der Waals surface area contributed by atoms with E-state index in [1.807, 2.05) is 39.0 Å². The maximum absolute atomic E-state index is 12.8. The number of hydrogen-bond acceptors (Lipinski definition) is 3. The topological polar surface area (TPSA) is 47.6 Å². The first-order chi connectivity index (χ1) is 12.5. The fourth-order valence-electron chi connectivity index (χ4n) is 2.69. The van der Waals surface area contributed by atoms with Crippen LogP contribution in [0.5, 0.6) is 11.5 Å². The molecule has 0 spiro atoms. The lowest BCUT2D eigenvalue weighted by atomic mass is 10.1. The van der Waals surface area contributed by atoms with Crippen LogP contribution in [-0.2, 0) is 6.42 Å². The van der Waals surface area contributed by atoms with Crippen molar-refractivity contribution in [2.75, 3.05) is 18.5 Å². The van der Waals surface area contributed by atoms with E-state index in [1.54, 1.807) is 12.1 Å². The molecule has 2 aromatic rings. The molecular weight excluding hydrogens is 394 g/mol. The standard InChI is InChI=1S/C21H26BrNO3/c1-5-11-26-20-17(22)12-16(13-18(20)25-7-3)21(24)23-19-14(4)9-8-10-15(19)6-2/h8-10,12-13H,5-7,11H2,1-4H3,(H,23,24). The quantitative estimate of drug-likeness (QED) is 0.591. The first-order valence-electron chi connectivity index (χ1n) is 9.00. The Morgan fingerprint density at radius 1 is 1.15 bits per heavy atom. The molecule has 2 rings (SSSR count). The van der Waals surface area contributed by atoms with E-state index in [2.05, 4.69) is 28.2 Å². The molecule has 4 nitrogen and oxygen atoms in total. The van der Waals surface area contributed by atoms with E-state index in [0.29, 0.717) is 34.7 Å². The van der Waals surface area contributed by atoms with Crippen molar-refractivity contribution >= 4 is 27.5 Å². The molecule has 0 saturated carbocycles. The summed E-state index contributed by atoms with van der Waals surface area (Å²) in [7, 11) is 0. The van der Waals surface area contributed by atoms with E-state index < -0.39 is 0 Å². The lowest BCUT2D eigenvalue weighted by Crippen LogP contribution is -2.15. The summed E-state index contributed by atoms with van der Waals surface area (Å²) in [4.78, 5) is 12.8. The van der Waals surface area contributed by atoms with Crippen LogP contribution >= 0.6 is 15.9 Å². The molecule has 0 fully saturated rings. The van der Waals surface area contributed by atoms with Gasteiger partial charge in [-0.15, -0.1) is 0 Å². The van der Waals surface area contributed by atoms with E-state index in [4.69, 9.17) is 9.47 Å². The summed E-state index contributed by atoms with van der Waals surface area (Å²) in [5, 5.41) is 3.05. The summed E-state index contributed by atoms with van der Waals surface area (Å²) < 4.78 is 12.2. The van der Waals surface area contributed by atoms with Crippen LogP contribution in [0.3, 0.4) is 0 Å². The maximum Gasteiger partial charge on any atom is 0.255 e. The van der Waals surface area contributed by atoms with Crippen LogP contribution in [0, 0.1) is 6.92 Å². The van der Waals surface area contributed by atoms with Gasteiger partial charge in [0.2, 0.25) is 0 Å². The molecule has 0 heterocycles. The molecule has 0 aliphatic carbocycles. The Labute approximate surface area is 164 Å². The number of carbonyl (C=O) groups is 1. The normalized spacial score (nSPS) is 10.5. The Balaban J connectivity index is 2.35. The van der Waals surface area contributed by atoms with Crippen LogP contribution in [0.4, 0.5) is 5.69 Å². The smallest absolute Gasteiger partial charge is 0.255 e. The van der Waals surface area contributed by atoms with E-state index in [9.17, 15) is 4.79 Å². The van der Waals surface area contributed by atoms with Crippen LogP contribution in [0.15, 0.2) is 34.8 Å². The molecule has 0 aromatic heterocycles. The van der Waals surface area contributed by atoms with Gasteiger partial charge in [0.25, 0.3) is 5.91 Å². The van der Waals surface area contributed by atoms with Crippen LogP contribution in [-0.4, -0.2) is 19.1 Å². The van der Waals surface area contributed by atoms with Gasteiger partial charge >= 0.3 is 0 Å². The number of anilines is 1. The third-order valence-electron chi connectivity index (χ3n) is 4.00. The minimum atomic E-state index is -0.169. The summed E-state index contributed by atoms with van der Waals surface area (Å²) in [5.74, 6) is 1.04. The number of nitrogens with one attached hydrogen (secondary N) is 1. The van der Waals surface area contributed by atoms with Gasteiger partial charge < -0.3 is 14.8 Å². The van der Waals surface area contributed by atoms with Gasteiger partial charge in [-0.1, -0.05) is 32.0 Å². The Kier molecular flexibility index (Phi) is 7.51. The van der Waals surface area contributed by atoms with Gasteiger partial charge in [-0.2, -0.15) is 0 Å². The molecule has 0 unspecified atom stereocenters. The zero-order chi connectivity index (χ0) is 19.1. The molecule has 1 N–H and O–H groups in total. The van der Waals surface area contributed by atoms with Crippen LogP contribution in [0.2, 0.25) is 0 Å². The molecular formula is C21H26BrNO3. The molecule has 2 aromatic carbocycles. The molecule has 0 aliphatic heterocycles. The lowest BCUT2D eigenvalue weighted by molar-refractivity contribution is 0.102. The van der Waals surface area contributed by atoms with Crippen LogP contribution in [0.1, 0.15) is 48.7 Å². The highest BCUT2D eigenvalue weighted by atomic mass is 79.9.